The first kappa shape index (κ1) is 15.0. The molecule has 3 rings (SSSR count). The molecule has 0 atom stereocenters. The molecule has 0 aliphatic heterocycles. The number of halogens is 1. The molecule has 1 N–H and O–H groups in total. The molecule has 2 nitrogen and oxygen atoms in total. The van der Waals surface area contributed by atoms with E-state index in [4.69, 9.17) is 4.98 Å². The van der Waals surface area contributed by atoms with Gasteiger partial charge >= 0.3 is 0 Å². The maximum Gasteiger partial charge on any atom is 0.136 e. The molecule has 0 aliphatic rings. The second kappa shape index (κ2) is 5.73. The summed E-state index contributed by atoms with van der Waals surface area (Å²) < 4.78 is 1.08. The Hall–Kier alpha value is -1.87. The Labute approximate surface area is 139 Å². The molecule has 2 aromatic carbocycles. The van der Waals surface area contributed by atoms with Gasteiger partial charge in [0, 0.05) is 21.0 Å². The van der Waals surface area contributed by atoms with Crippen LogP contribution in [0.25, 0.3) is 22.0 Å². The number of anilines is 1. The second-order valence-corrected chi connectivity index (χ2v) is 7.20. The normalized spacial score (nSPS) is 11.6. The van der Waals surface area contributed by atoms with E-state index in [0.717, 1.165) is 32.3 Å². The molecule has 3 aromatic rings. The highest BCUT2D eigenvalue weighted by atomic mass is 79.9. The molecule has 112 valence electrons. The molecule has 1 aromatic heterocycles. The van der Waals surface area contributed by atoms with Gasteiger partial charge in [0.25, 0.3) is 0 Å². The Bertz CT molecular complexity index is 805. The van der Waals surface area contributed by atoms with Gasteiger partial charge in [-0.1, -0.05) is 48.5 Å². The quantitative estimate of drug-likeness (QED) is 0.621. The molecular formula is C19H19BrN2. The molecule has 0 bridgehead atoms. The van der Waals surface area contributed by atoms with E-state index in [1.54, 1.807) is 0 Å². The summed E-state index contributed by atoms with van der Waals surface area (Å²) in [5.41, 5.74) is 3.19. The summed E-state index contributed by atoms with van der Waals surface area (Å²) in [6.45, 7) is 6.44. The zero-order valence-corrected chi connectivity index (χ0v) is 14.6. The SMILES string of the molecule is CC(C)(C)Nc1nc2ccccc2c(Br)c1-c1ccccc1. The van der Waals surface area contributed by atoms with Crippen molar-refractivity contribution < 1.29 is 0 Å². The lowest BCUT2D eigenvalue weighted by atomic mass is 10.0. The van der Waals surface area contributed by atoms with Crippen molar-refractivity contribution in [2.75, 3.05) is 5.32 Å². The lowest BCUT2D eigenvalue weighted by Crippen LogP contribution is -2.27. The maximum absolute atomic E-state index is 4.86. The van der Waals surface area contributed by atoms with Crippen molar-refractivity contribution in [3.63, 3.8) is 0 Å². The van der Waals surface area contributed by atoms with Crippen molar-refractivity contribution in [2.45, 2.75) is 26.3 Å². The molecule has 0 radical (unpaired) electrons. The molecule has 22 heavy (non-hydrogen) atoms. The monoisotopic (exact) mass is 354 g/mol. The molecule has 0 saturated carbocycles. The number of fused-ring (bicyclic) bond motifs is 1. The van der Waals surface area contributed by atoms with Crippen LogP contribution in [0.1, 0.15) is 20.8 Å². The fraction of sp³-hybridized carbons (Fsp3) is 0.211. The van der Waals surface area contributed by atoms with Crippen molar-refractivity contribution in [1.29, 1.82) is 0 Å². The molecule has 1 heterocycles. The van der Waals surface area contributed by atoms with E-state index in [2.05, 4.69) is 72.3 Å². The Morgan fingerprint density at radius 1 is 0.909 bits per heavy atom. The summed E-state index contributed by atoms with van der Waals surface area (Å²) in [5.74, 6) is 0.907. The molecule has 0 spiro atoms. The maximum atomic E-state index is 4.86. The van der Waals surface area contributed by atoms with Gasteiger partial charge in [-0.2, -0.15) is 0 Å². The summed E-state index contributed by atoms with van der Waals surface area (Å²) >= 11 is 3.80. The smallest absolute Gasteiger partial charge is 0.136 e. The Balaban J connectivity index is 2.31. The first-order chi connectivity index (χ1) is 10.5. The van der Waals surface area contributed by atoms with Crippen LogP contribution in [0, 0.1) is 0 Å². The third-order valence-corrected chi connectivity index (χ3v) is 4.21. The second-order valence-electron chi connectivity index (χ2n) is 6.41. The van der Waals surface area contributed by atoms with E-state index in [1.807, 2.05) is 24.3 Å². The van der Waals surface area contributed by atoms with Gasteiger partial charge in [0.1, 0.15) is 5.82 Å². The molecule has 3 heteroatoms. The van der Waals surface area contributed by atoms with Crippen LogP contribution in [0.4, 0.5) is 5.82 Å². The van der Waals surface area contributed by atoms with Gasteiger partial charge in [0.05, 0.1) is 5.52 Å². The largest absolute Gasteiger partial charge is 0.365 e. The number of hydrogen-bond acceptors (Lipinski definition) is 2. The van der Waals surface area contributed by atoms with E-state index in [-0.39, 0.29) is 5.54 Å². The molecule has 0 saturated heterocycles. The lowest BCUT2D eigenvalue weighted by molar-refractivity contribution is 0.631. The van der Waals surface area contributed by atoms with Crippen LogP contribution in [-0.2, 0) is 0 Å². The number of nitrogens with one attached hydrogen (secondary N) is 1. The van der Waals surface area contributed by atoms with Crippen LogP contribution in [0.2, 0.25) is 0 Å². The van der Waals surface area contributed by atoms with Gasteiger partial charge < -0.3 is 5.32 Å². The number of rotatable bonds is 2. The van der Waals surface area contributed by atoms with E-state index in [0.29, 0.717) is 0 Å². The Morgan fingerprint density at radius 3 is 2.23 bits per heavy atom. The zero-order valence-electron chi connectivity index (χ0n) is 13.0. The summed E-state index contributed by atoms with van der Waals surface area (Å²) in [6.07, 6.45) is 0. The lowest BCUT2D eigenvalue weighted by Gasteiger charge is -2.24. The minimum atomic E-state index is -0.0571. The first-order valence-electron chi connectivity index (χ1n) is 7.37. The topological polar surface area (TPSA) is 24.9 Å². The summed E-state index contributed by atoms with van der Waals surface area (Å²) in [4.78, 5) is 4.86. The van der Waals surface area contributed by atoms with Gasteiger partial charge in [-0.25, -0.2) is 4.98 Å². The fourth-order valence-corrected chi connectivity index (χ4v) is 3.24. The highest BCUT2D eigenvalue weighted by Crippen LogP contribution is 2.39. The van der Waals surface area contributed by atoms with Crippen LogP contribution in [0.5, 0.6) is 0 Å². The fourth-order valence-electron chi connectivity index (χ4n) is 2.49. The van der Waals surface area contributed by atoms with Gasteiger partial charge in [-0.05, 0) is 48.3 Å². The first-order valence-corrected chi connectivity index (χ1v) is 8.17. The van der Waals surface area contributed by atoms with Gasteiger partial charge in [0.2, 0.25) is 0 Å². The van der Waals surface area contributed by atoms with Gasteiger partial charge in [-0.3, -0.25) is 0 Å². The van der Waals surface area contributed by atoms with Crippen LogP contribution in [0.15, 0.2) is 59.1 Å². The van der Waals surface area contributed by atoms with E-state index in [9.17, 15) is 0 Å². The number of pyridine rings is 1. The van der Waals surface area contributed by atoms with Crippen molar-refractivity contribution in [1.82, 2.24) is 4.98 Å². The highest BCUT2D eigenvalue weighted by molar-refractivity contribution is 9.10. The van der Waals surface area contributed by atoms with Crippen LogP contribution in [0.3, 0.4) is 0 Å². The third kappa shape index (κ3) is 3.00. The highest BCUT2D eigenvalue weighted by Gasteiger charge is 2.19. The minimum absolute atomic E-state index is 0.0571. The summed E-state index contributed by atoms with van der Waals surface area (Å²) in [7, 11) is 0. The number of hydrogen-bond donors (Lipinski definition) is 1. The molecule has 0 aliphatic carbocycles. The van der Waals surface area contributed by atoms with Crippen molar-refractivity contribution in [2.24, 2.45) is 0 Å². The number of benzene rings is 2. The predicted molar refractivity (Wildman–Crippen MR) is 98.3 cm³/mol. The molecular weight excluding hydrogens is 336 g/mol. The van der Waals surface area contributed by atoms with Crippen LogP contribution >= 0.6 is 15.9 Å². The average Bonchev–Trinajstić information content (AvgIpc) is 2.47. The van der Waals surface area contributed by atoms with Gasteiger partial charge in [0.15, 0.2) is 0 Å². The minimum Gasteiger partial charge on any atom is -0.365 e. The zero-order chi connectivity index (χ0) is 15.7. The summed E-state index contributed by atoms with van der Waals surface area (Å²) in [6, 6.07) is 18.6. The Kier molecular flexibility index (Phi) is 3.92. The number of para-hydroxylation sites is 1. The molecule has 0 unspecified atom stereocenters. The van der Waals surface area contributed by atoms with Crippen LogP contribution < -0.4 is 5.32 Å². The van der Waals surface area contributed by atoms with E-state index < -0.39 is 0 Å². The van der Waals surface area contributed by atoms with Crippen molar-refractivity contribution >= 4 is 32.7 Å². The molecule has 0 fully saturated rings. The predicted octanol–water partition coefficient (Wildman–Crippen LogP) is 5.87. The number of aromatic nitrogens is 1. The number of nitrogens with zero attached hydrogens (tertiary/aromatic N) is 1. The standard InChI is InChI=1S/C19H19BrN2/c1-19(2,3)22-18-16(13-9-5-4-6-10-13)17(20)14-11-7-8-12-15(14)21-18/h4-12H,1-3H3,(H,21,22). The Morgan fingerprint density at radius 2 is 1.55 bits per heavy atom. The van der Waals surface area contributed by atoms with Gasteiger partial charge in [-0.15, -0.1) is 0 Å². The van der Waals surface area contributed by atoms with Crippen molar-refractivity contribution in [3.8, 4) is 11.1 Å². The summed E-state index contributed by atoms with van der Waals surface area (Å²) in [5, 5.41) is 4.67. The van der Waals surface area contributed by atoms with Crippen LogP contribution in [-0.4, -0.2) is 10.5 Å². The average molecular weight is 355 g/mol. The van der Waals surface area contributed by atoms with E-state index >= 15 is 0 Å². The molecule has 0 amide bonds. The van der Waals surface area contributed by atoms with E-state index in [1.165, 1.54) is 0 Å². The van der Waals surface area contributed by atoms with Crippen molar-refractivity contribution in [3.05, 3.63) is 59.1 Å². The third-order valence-electron chi connectivity index (χ3n) is 3.38.